The fraction of sp³-hybridized carbons (Fsp3) is 0.600. The number of hydrogen-bond donors (Lipinski definition) is 1. The van der Waals surface area contributed by atoms with Gasteiger partial charge in [-0.1, -0.05) is 24.6 Å². The maximum atomic E-state index is 13.0. The summed E-state index contributed by atoms with van der Waals surface area (Å²) in [6.45, 7) is 8.78. The summed E-state index contributed by atoms with van der Waals surface area (Å²) in [7, 11) is 0. The van der Waals surface area contributed by atoms with Crippen molar-refractivity contribution >= 4 is 11.6 Å². The molecule has 0 radical (unpaired) electrons. The van der Waals surface area contributed by atoms with E-state index in [4.69, 9.17) is 11.6 Å². The second-order valence-corrected chi connectivity index (χ2v) is 5.75. The van der Waals surface area contributed by atoms with Gasteiger partial charge < -0.3 is 10.2 Å². The van der Waals surface area contributed by atoms with Crippen LogP contribution in [0, 0.1) is 11.7 Å². The Labute approximate surface area is 119 Å². The van der Waals surface area contributed by atoms with E-state index >= 15 is 0 Å². The van der Waals surface area contributed by atoms with Gasteiger partial charge in [-0.2, -0.15) is 0 Å². The van der Waals surface area contributed by atoms with Crippen LogP contribution in [-0.4, -0.2) is 31.1 Å². The number of likely N-dealkylation sites (tertiary alicyclic amines) is 1. The van der Waals surface area contributed by atoms with Crippen molar-refractivity contribution < 1.29 is 4.39 Å². The molecule has 0 saturated carbocycles. The summed E-state index contributed by atoms with van der Waals surface area (Å²) in [6, 6.07) is 4.77. The Morgan fingerprint density at radius 2 is 2.32 bits per heavy atom. The molecule has 106 valence electrons. The summed E-state index contributed by atoms with van der Waals surface area (Å²) < 4.78 is 13.0. The molecule has 2 unspecified atom stereocenters. The molecule has 1 saturated heterocycles. The number of nitrogens with one attached hydrogen (secondary N) is 1. The first-order chi connectivity index (χ1) is 9.10. The van der Waals surface area contributed by atoms with E-state index < -0.39 is 0 Å². The average molecular weight is 285 g/mol. The standard InChI is InChI=1S/C15H22ClFN2/c1-3-19-7-6-12(10-19)9-18-11(2)14-5-4-13(17)8-15(14)16/h4-5,8,11-12,18H,3,6-7,9-10H2,1-2H3. The lowest BCUT2D eigenvalue weighted by Crippen LogP contribution is -2.28. The fourth-order valence-corrected chi connectivity index (χ4v) is 3.00. The molecule has 1 N–H and O–H groups in total. The van der Waals surface area contributed by atoms with E-state index in [2.05, 4.69) is 24.1 Å². The van der Waals surface area contributed by atoms with E-state index in [-0.39, 0.29) is 11.9 Å². The second-order valence-electron chi connectivity index (χ2n) is 5.34. The molecular weight excluding hydrogens is 263 g/mol. The van der Waals surface area contributed by atoms with Gasteiger partial charge >= 0.3 is 0 Å². The van der Waals surface area contributed by atoms with Crippen molar-refractivity contribution in [2.45, 2.75) is 26.3 Å². The van der Waals surface area contributed by atoms with Gasteiger partial charge in [-0.25, -0.2) is 4.39 Å². The molecule has 0 spiro atoms. The van der Waals surface area contributed by atoms with Gasteiger partial charge in [0.25, 0.3) is 0 Å². The Morgan fingerprint density at radius 1 is 1.53 bits per heavy atom. The first kappa shape index (κ1) is 14.8. The molecule has 1 heterocycles. The zero-order valence-electron chi connectivity index (χ0n) is 11.6. The number of halogens is 2. The Hall–Kier alpha value is -0.640. The normalized spacial score (nSPS) is 21.8. The van der Waals surface area contributed by atoms with Crippen LogP contribution in [0.15, 0.2) is 18.2 Å². The summed E-state index contributed by atoms with van der Waals surface area (Å²) in [4.78, 5) is 2.47. The van der Waals surface area contributed by atoms with Crippen LogP contribution in [0.5, 0.6) is 0 Å². The van der Waals surface area contributed by atoms with Gasteiger partial charge in [0.1, 0.15) is 5.82 Å². The summed E-state index contributed by atoms with van der Waals surface area (Å²) in [6.07, 6.45) is 1.25. The highest BCUT2D eigenvalue weighted by Gasteiger charge is 2.21. The molecule has 2 rings (SSSR count). The third-order valence-corrected chi connectivity index (χ3v) is 4.29. The van der Waals surface area contributed by atoms with Crippen molar-refractivity contribution in [1.82, 2.24) is 10.2 Å². The van der Waals surface area contributed by atoms with Gasteiger partial charge in [0.15, 0.2) is 0 Å². The third-order valence-electron chi connectivity index (χ3n) is 3.96. The van der Waals surface area contributed by atoms with Gasteiger partial charge in [0, 0.05) is 17.6 Å². The van der Waals surface area contributed by atoms with E-state index in [0.717, 1.165) is 18.7 Å². The first-order valence-electron chi connectivity index (χ1n) is 7.00. The highest BCUT2D eigenvalue weighted by molar-refractivity contribution is 6.31. The lowest BCUT2D eigenvalue weighted by Gasteiger charge is -2.19. The van der Waals surface area contributed by atoms with Gasteiger partial charge in [0.2, 0.25) is 0 Å². The van der Waals surface area contributed by atoms with Gasteiger partial charge in [0.05, 0.1) is 0 Å². The van der Waals surface area contributed by atoms with Crippen LogP contribution in [0.1, 0.15) is 31.9 Å². The number of hydrogen-bond acceptors (Lipinski definition) is 2. The van der Waals surface area contributed by atoms with Crippen molar-refractivity contribution in [3.8, 4) is 0 Å². The monoisotopic (exact) mass is 284 g/mol. The maximum Gasteiger partial charge on any atom is 0.124 e. The molecule has 2 atom stereocenters. The zero-order valence-corrected chi connectivity index (χ0v) is 12.4. The molecule has 1 fully saturated rings. The minimum atomic E-state index is -0.282. The van der Waals surface area contributed by atoms with Crippen molar-refractivity contribution in [1.29, 1.82) is 0 Å². The highest BCUT2D eigenvalue weighted by Crippen LogP contribution is 2.24. The van der Waals surface area contributed by atoms with Crippen LogP contribution in [0.2, 0.25) is 5.02 Å². The smallest absolute Gasteiger partial charge is 0.124 e. The summed E-state index contributed by atoms with van der Waals surface area (Å²) in [5.41, 5.74) is 0.966. The van der Waals surface area contributed by atoms with Crippen LogP contribution in [-0.2, 0) is 0 Å². The highest BCUT2D eigenvalue weighted by atomic mass is 35.5. The van der Waals surface area contributed by atoms with E-state index in [1.165, 1.54) is 31.6 Å². The first-order valence-corrected chi connectivity index (χ1v) is 7.38. The molecule has 0 aliphatic carbocycles. The van der Waals surface area contributed by atoms with E-state index in [1.807, 2.05) is 0 Å². The molecule has 4 heteroatoms. The Balaban J connectivity index is 1.86. The Morgan fingerprint density at radius 3 is 2.95 bits per heavy atom. The number of rotatable bonds is 5. The van der Waals surface area contributed by atoms with E-state index in [9.17, 15) is 4.39 Å². The Kier molecular flexibility index (Phi) is 5.20. The largest absolute Gasteiger partial charge is 0.310 e. The average Bonchev–Trinajstić information content (AvgIpc) is 2.84. The molecule has 1 aliphatic rings. The fourth-order valence-electron chi connectivity index (χ4n) is 2.67. The van der Waals surface area contributed by atoms with Crippen molar-refractivity contribution in [3.05, 3.63) is 34.6 Å². The SMILES string of the molecule is CCN1CCC(CNC(C)c2ccc(F)cc2Cl)C1. The molecule has 1 aliphatic heterocycles. The summed E-state index contributed by atoms with van der Waals surface area (Å²) >= 11 is 6.08. The van der Waals surface area contributed by atoms with Gasteiger partial charge in [-0.05, 0) is 56.6 Å². The second kappa shape index (κ2) is 6.69. The van der Waals surface area contributed by atoms with Crippen LogP contribution in [0.4, 0.5) is 4.39 Å². The molecule has 1 aromatic rings. The van der Waals surface area contributed by atoms with E-state index in [1.54, 1.807) is 6.07 Å². The topological polar surface area (TPSA) is 15.3 Å². The molecule has 0 aromatic heterocycles. The third kappa shape index (κ3) is 3.91. The predicted octanol–water partition coefficient (Wildman–Crippen LogP) is 3.47. The van der Waals surface area contributed by atoms with E-state index in [0.29, 0.717) is 10.9 Å². The summed E-state index contributed by atoms with van der Waals surface area (Å²) in [5, 5.41) is 4.01. The van der Waals surface area contributed by atoms with Gasteiger partial charge in [-0.3, -0.25) is 0 Å². The lowest BCUT2D eigenvalue weighted by atomic mass is 10.1. The van der Waals surface area contributed by atoms with Gasteiger partial charge in [-0.15, -0.1) is 0 Å². The molecule has 0 amide bonds. The van der Waals surface area contributed by atoms with Crippen molar-refractivity contribution in [2.24, 2.45) is 5.92 Å². The molecule has 19 heavy (non-hydrogen) atoms. The molecule has 1 aromatic carbocycles. The van der Waals surface area contributed by atoms with Crippen LogP contribution in [0.3, 0.4) is 0 Å². The quantitative estimate of drug-likeness (QED) is 0.891. The van der Waals surface area contributed by atoms with Crippen molar-refractivity contribution in [3.63, 3.8) is 0 Å². The number of nitrogens with zero attached hydrogens (tertiary/aromatic N) is 1. The van der Waals surface area contributed by atoms with Crippen LogP contribution < -0.4 is 5.32 Å². The minimum Gasteiger partial charge on any atom is -0.310 e. The van der Waals surface area contributed by atoms with Crippen LogP contribution >= 0.6 is 11.6 Å². The predicted molar refractivity (Wildman–Crippen MR) is 78.0 cm³/mol. The number of benzene rings is 1. The van der Waals surface area contributed by atoms with Crippen LogP contribution in [0.25, 0.3) is 0 Å². The lowest BCUT2D eigenvalue weighted by molar-refractivity contribution is 0.336. The maximum absolute atomic E-state index is 13.0. The molecule has 0 bridgehead atoms. The molecule has 2 nitrogen and oxygen atoms in total. The van der Waals surface area contributed by atoms with Crippen molar-refractivity contribution in [2.75, 3.05) is 26.2 Å². The summed E-state index contributed by atoms with van der Waals surface area (Å²) in [5.74, 6) is 0.428. The molecular formula is C15H22ClFN2. The Bertz CT molecular complexity index is 425. The zero-order chi connectivity index (χ0) is 13.8. The minimum absolute atomic E-state index is 0.156.